The van der Waals surface area contributed by atoms with Gasteiger partial charge in [-0.05, 0) is 59.0 Å². The normalized spacial score (nSPS) is 18.3. The van der Waals surface area contributed by atoms with Crippen molar-refractivity contribution in [2.45, 2.75) is 12.5 Å². The maximum absolute atomic E-state index is 14.0. The summed E-state index contributed by atoms with van der Waals surface area (Å²) < 4.78 is 21.9. The van der Waals surface area contributed by atoms with Crippen molar-refractivity contribution in [2.75, 3.05) is 59.8 Å². The summed E-state index contributed by atoms with van der Waals surface area (Å²) in [6, 6.07) is 16.6. The van der Waals surface area contributed by atoms with Gasteiger partial charge in [-0.15, -0.1) is 11.3 Å². The van der Waals surface area contributed by atoms with Crippen molar-refractivity contribution in [3.05, 3.63) is 76.0 Å². The molecular weight excluding hydrogens is 544 g/mol. The number of amides is 2. The van der Waals surface area contributed by atoms with E-state index in [9.17, 15) is 9.59 Å². The van der Waals surface area contributed by atoms with Gasteiger partial charge in [0.25, 0.3) is 11.8 Å². The first-order chi connectivity index (χ1) is 20.1. The molecule has 10 nitrogen and oxygen atoms in total. The van der Waals surface area contributed by atoms with Crippen LogP contribution in [-0.2, 0) is 9.53 Å². The molecule has 3 aromatic rings. The molecule has 3 aliphatic rings. The van der Waals surface area contributed by atoms with Gasteiger partial charge in [0.05, 0.1) is 37.0 Å². The third-order valence-electron chi connectivity index (χ3n) is 7.51. The minimum absolute atomic E-state index is 0.0818. The molecule has 1 saturated heterocycles. The first-order valence-corrected chi connectivity index (χ1v) is 14.5. The van der Waals surface area contributed by atoms with Gasteiger partial charge in [0.2, 0.25) is 6.79 Å². The predicted molar refractivity (Wildman–Crippen MR) is 154 cm³/mol. The molecule has 0 aliphatic carbocycles. The predicted octanol–water partition coefficient (Wildman–Crippen LogP) is 3.64. The first kappa shape index (κ1) is 27.3. The van der Waals surface area contributed by atoms with Crippen LogP contribution in [-0.4, -0.2) is 92.2 Å². The molecule has 11 heteroatoms. The van der Waals surface area contributed by atoms with Gasteiger partial charge in [-0.1, -0.05) is 12.1 Å². The number of carbonyl (C=O) groups excluding carboxylic acids is 2. The van der Waals surface area contributed by atoms with E-state index in [1.54, 1.807) is 18.1 Å². The van der Waals surface area contributed by atoms with Gasteiger partial charge in [0, 0.05) is 32.6 Å². The van der Waals surface area contributed by atoms with E-state index >= 15 is 0 Å². The SMILES string of the molecule is COc1ccc(C2=NN(C(=O)CN(CCN3CCOCC3)C(=O)c3cccs3)[C@@H](c3ccc4c(c3)OCO4)C2)cc1. The molecule has 1 aromatic heterocycles. The third kappa shape index (κ3) is 6.07. The molecular formula is C30H32N4O6S. The Hall–Kier alpha value is -3.93. The first-order valence-electron chi connectivity index (χ1n) is 13.7. The average molecular weight is 577 g/mol. The van der Waals surface area contributed by atoms with Gasteiger partial charge in [0.15, 0.2) is 11.5 Å². The fourth-order valence-corrected chi connectivity index (χ4v) is 5.90. The second-order valence-corrected chi connectivity index (χ2v) is 11.0. The Morgan fingerprint density at radius 2 is 1.88 bits per heavy atom. The number of carbonyl (C=O) groups is 2. The van der Waals surface area contributed by atoms with Crippen LogP contribution in [0, 0.1) is 0 Å². The quantitative estimate of drug-likeness (QED) is 0.384. The maximum atomic E-state index is 14.0. The van der Waals surface area contributed by atoms with Crippen molar-refractivity contribution in [1.82, 2.24) is 14.8 Å². The molecule has 6 rings (SSSR count). The summed E-state index contributed by atoms with van der Waals surface area (Å²) in [5.41, 5.74) is 2.58. The van der Waals surface area contributed by atoms with Crippen LogP contribution >= 0.6 is 11.3 Å². The summed E-state index contributed by atoms with van der Waals surface area (Å²) in [6.07, 6.45) is 0.518. The van der Waals surface area contributed by atoms with Gasteiger partial charge in [-0.2, -0.15) is 5.10 Å². The zero-order valence-electron chi connectivity index (χ0n) is 22.9. The van der Waals surface area contributed by atoms with Crippen molar-refractivity contribution in [3.8, 4) is 17.2 Å². The van der Waals surface area contributed by atoms with Crippen LogP contribution in [0.2, 0.25) is 0 Å². The highest BCUT2D eigenvalue weighted by molar-refractivity contribution is 7.12. The highest BCUT2D eigenvalue weighted by Crippen LogP contribution is 2.39. The molecule has 4 heterocycles. The molecule has 0 N–H and O–H groups in total. The Balaban J connectivity index is 1.26. The number of thiophene rings is 1. The van der Waals surface area contributed by atoms with Crippen molar-refractivity contribution < 1.29 is 28.5 Å². The van der Waals surface area contributed by atoms with E-state index < -0.39 is 0 Å². The van der Waals surface area contributed by atoms with Gasteiger partial charge in [-0.25, -0.2) is 5.01 Å². The second kappa shape index (κ2) is 12.3. The standard InChI is InChI=1S/C30H32N4O6S/c1-37-23-7-4-21(5-8-23)24-18-25(22-6-9-26-27(17-22)40-20-39-26)34(31-24)29(35)19-33(30(36)28-3-2-16-41-28)11-10-32-12-14-38-15-13-32/h2-9,16-17,25H,10-15,18-20H2,1H3/t25-/m1/s1. The van der Waals surface area contributed by atoms with Crippen molar-refractivity contribution in [3.63, 3.8) is 0 Å². The van der Waals surface area contributed by atoms with Crippen LogP contribution in [0.15, 0.2) is 65.1 Å². The molecule has 0 bridgehead atoms. The molecule has 41 heavy (non-hydrogen) atoms. The molecule has 214 valence electrons. The maximum Gasteiger partial charge on any atom is 0.264 e. The Labute approximate surface area is 242 Å². The number of fused-ring (bicyclic) bond motifs is 1. The Morgan fingerprint density at radius 1 is 1.07 bits per heavy atom. The zero-order chi connectivity index (χ0) is 28.2. The van der Waals surface area contributed by atoms with Gasteiger partial charge >= 0.3 is 0 Å². The average Bonchev–Trinajstić information content (AvgIpc) is 3.80. The van der Waals surface area contributed by atoms with Gasteiger partial charge in [0.1, 0.15) is 12.3 Å². The highest BCUT2D eigenvalue weighted by Gasteiger charge is 2.35. The third-order valence-corrected chi connectivity index (χ3v) is 8.36. The van der Waals surface area contributed by atoms with Crippen LogP contribution < -0.4 is 14.2 Å². The number of rotatable bonds is 9. The Bertz CT molecular complexity index is 1400. The number of ether oxygens (including phenoxy) is 4. The molecule has 3 aliphatic heterocycles. The van der Waals surface area contributed by atoms with E-state index in [0.717, 1.165) is 35.7 Å². The van der Waals surface area contributed by atoms with E-state index in [2.05, 4.69) is 4.90 Å². The topological polar surface area (TPSA) is 93.1 Å². The van der Waals surface area contributed by atoms with Crippen LogP contribution in [0.25, 0.3) is 0 Å². The smallest absolute Gasteiger partial charge is 0.264 e. The molecule has 0 radical (unpaired) electrons. The lowest BCUT2D eigenvalue weighted by atomic mass is 9.98. The van der Waals surface area contributed by atoms with Crippen LogP contribution in [0.3, 0.4) is 0 Å². The lowest BCUT2D eigenvalue weighted by Crippen LogP contribution is -2.46. The largest absolute Gasteiger partial charge is 0.497 e. The molecule has 1 atom stereocenters. The summed E-state index contributed by atoms with van der Waals surface area (Å²) in [6.45, 7) is 4.15. The number of nitrogens with zero attached hydrogens (tertiary/aromatic N) is 4. The number of benzene rings is 2. The van der Waals surface area contributed by atoms with Crippen molar-refractivity contribution >= 4 is 28.9 Å². The lowest BCUT2D eigenvalue weighted by molar-refractivity contribution is -0.133. The number of morpholine rings is 1. The molecule has 2 aromatic carbocycles. The minimum atomic E-state index is -0.355. The summed E-state index contributed by atoms with van der Waals surface area (Å²) in [4.78, 5) is 32.0. The van der Waals surface area contributed by atoms with Crippen molar-refractivity contribution in [1.29, 1.82) is 0 Å². The van der Waals surface area contributed by atoms with Gasteiger partial charge < -0.3 is 23.8 Å². The van der Waals surface area contributed by atoms with Crippen LogP contribution in [0.1, 0.15) is 33.3 Å². The summed E-state index contributed by atoms with van der Waals surface area (Å²) in [5.74, 6) is 1.67. The molecule has 0 spiro atoms. The zero-order valence-corrected chi connectivity index (χ0v) is 23.7. The van der Waals surface area contributed by atoms with Crippen LogP contribution in [0.5, 0.6) is 17.2 Å². The molecule has 1 fully saturated rings. The van der Waals surface area contributed by atoms with E-state index in [0.29, 0.717) is 49.1 Å². The molecule has 0 saturated carbocycles. The van der Waals surface area contributed by atoms with Gasteiger partial charge in [-0.3, -0.25) is 14.5 Å². The van der Waals surface area contributed by atoms with Crippen LogP contribution in [0.4, 0.5) is 0 Å². The monoisotopic (exact) mass is 576 g/mol. The van der Waals surface area contributed by atoms with E-state index in [-0.39, 0.29) is 31.2 Å². The Morgan fingerprint density at radius 3 is 2.63 bits per heavy atom. The number of hydrogen-bond donors (Lipinski definition) is 0. The molecule has 2 amide bonds. The number of hydrogen-bond acceptors (Lipinski definition) is 9. The number of methoxy groups -OCH3 is 1. The van der Waals surface area contributed by atoms with E-state index in [1.807, 2.05) is 53.9 Å². The summed E-state index contributed by atoms with van der Waals surface area (Å²) in [7, 11) is 1.63. The minimum Gasteiger partial charge on any atom is -0.497 e. The number of hydrazone groups is 1. The fourth-order valence-electron chi connectivity index (χ4n) is 5.21. The second-order valence-electron chi connectivity index (χ2n) is 10.0. The Kier molecular flexibility index (Phi) is 8.17. The molecule has 0 unspecified atom stereocenters. The summed E-state index contributed by atoms with van der Waals surface area (Å²) >= 11 is 1.38. The van der Waals surface area contributed by atoms with E-state index in [4.69, 9.17) is 24.0 Å². The lowest BCUT2D eigenvalue weighted by Gasteiger charge is -2.31. The van der Waals surface area contributed by atoms with E-state index in [1.165, 1.54) is 16.3 Å². The fraction of sp³-hybridized carbons (Fsp3) is 0.367. The van der Waals surface area contributed by atoms with Crippen molar-refractivity contribution in [2.24, 2.45) is 5.10 Å². The summed E-state index contributed by atoms with van der Waals surface area (Å²) in [5, 5.41) is 8.22. The highest BCUT2D eigenvalue weighted by atomic mass is 32.1.